The van der Waals surface area contributed by atoms with Crippen molar-refractivity contribution in [2.24, 2.45) is 0 Å². The standard InChI is InChI=1S/C22H24N4O/c1-15-12-16(2)24-20(19(15)14-23)26-10-8-22(9-11-26)13-18(21(27)25-22)17-6-4-3-5-7-17/h3-7,12,18H,8-11,13H2,1-2H3,(H,25,27)/t18-/m0/s1. The Balaban J connectivity index is 1.52. The third kappa shape index (κ3) is 3.16. The number of aryl methyl sites for hydroxylation is 2. The molecule has 1 N–H and O–H groups in total. The van der Waals surface area contributed by atoms with Gasteiger partial charge in [0.15, 0.2) is 0 Å². The van der Waals surface area contributed by atoms with Crippen LogP contribution in [0, 0.1) is 25.2 Å². The maximum absolute atomic E-state index is 12.6. The second kappa shape index (κ2) is 6.70. The van der Waals surface area contributed by atoms with E-state index >= 15 is 0 Å². The number of rotatable bonds is 2. The van der Waals surface area contributed by atoms with Gasteiger partial charge in [-0.15, -0.1) is 0 Å². The van der Waals surface area contributed by atoms with Gasteiger partial charge < -0.3 is 10.2 Å². The first-order valence-electron chi connectivity index (χ1n) is 9.52. The highest BCUT2D eigenvalue weighted by atomic mass is 16.2. The molecular weight excluding hydrogens is 336 g/mol. The smallest absolute Gasteiger partial charge is 0.228 e. The topological polar surface area (TPSA) is 69.0 Å². The first kappa shape index (κ1) is 17.5. The monoisotopic (exact) mass is 360 g/mol. The molecule has 5 nitrogen and oxygen atoms in total. The molecule has 0 saturated carbocycles. The molecule has 2 saturated heterocycles. The molecule has 5 heteroatoms. The number of piperidine rings is 1. The molecule has 0 bridgehead atoms. The maximum Gasteiger partial charge on any atom is 0.228 e. The number of carbonyl (C=O) groups excluding carboxylic acids is 1. The van der Waals surface area contributed by atoms with Crippen molar-refractivity contribution in [2.45, 2.75) is 44.6 Å². The highest BCUT2D eigenvalue weighted by molar-refractivity contribution is 5.87. The summed E-state index contributed by atoms with van der Waals surface area (Å²) in [5.74, 6) is 0.859. The number of nitrogens with zero attached hydrogens (tertiary/aromatic N) is 3. The van der Waals surface area contributed by atoms with Gasteiger partial charge in [-0.25, -0.2) is 4.98 Å². The summed E-state index contributed by atoms with van der Waals surface area (Å²) in [4.78, 5) is 19.4. The third-order valence-electron chi connectivity index (χ3n) is 5.96. The van der Waals surface area contributed by atoms with Crippen LogP contribution in [0.25, 0.3) is 0 Å². The van der Waals surface area contributed by atoms with Crippen LogP contribution in [-0.4, -0.2) is 29.5 Å². The van der Waals surface area contributed by atoms with E-state index in [0.717, 1.165) is 55.0 Å². The first-order valence-corrected chi connectivity index (χ1v) is 9.52. The van der Waals surface area contributed by atoms with Gasteiger partial charge in [-0.3, -0.25) is 4.79 Å². The van der Waals surface area contributed by atoms with Crippen molar-refractivity contribution in [3.8, 4) is 6.07 Å². The Hall–Kier alpha value is -2.87. The van der Waals surface area contributed by atoms with Crippen molar-refractivity contribution < 1.29 is 4.79 Å². The number of amides is 1. The number of hydrogen-bond donors (Lipinski definition) is 1. The molecular formula is C22H24N4O. The molecule has 1 spiro atoms. The molecule has 2 fully saturated rings. The number of nitrogens with one attached hydrogen (secondary N) is 1. The van der Waals surface area contributed by atoms with Crippen molar-refractivity contribution >= 4 is 11.7 Å². The van der Waals surface area contributed by atoms with Crippen molar-refractivity contribution in [2.75, 3.05) is 18.0 Å². The van der Waals surface area contributed by atoms with E-state index in [1.54, 1.807) is 0 Å². The normalized spacial score (nSPS) is 21.1. The molecule has 2 aliphatic rings. The lowest BCUT2D eigenvalue weighted by Gasteiger charge is -2.40. The number of carbonyl (C=O) groups is 1. The SMILES string of the molecule is Cc1cc(C)c(C#N)c(N2CCC3(CC2)C[C@@H](c2ccccc2)C(=O)N3)n1. The van der Waals surface area contributed by atoms with E-state index < -0.39 is 0 Å². The molecule has 1 amide bonds. The van der Waals surface area contributed by atoms with Crippen molar-refractivity contribution in [3.63, 3.8) is 0 Å². The predicted octanol–water partition coefficient (Wildman–Crippen LogP) is 3.21. The Morgan fingerprint density at radius 2 is 1.93 bits per heavy atom. The van der Waals surface area contributed by atoms with Gasteiger partial charge >= 0.3 is 0 Å². The zero-order valence-electron chi connectivity index (χ0n) is 15.8. The number of benzene rings is 1. The lowest BCUT2D eigenvalue weighted by molar-refractivity contribution is -0.121. The Kier molecular flexibility index (Phi) is 4.35. The van der Waals surface area contributed by atoms with Crippen LogP contribution >= 0.6 is 0 Å². The van der Waals surface area contributed by atoms with Gasteiger partial charge in [-0.1, -0.05) is 30.3 Å². The largest absolute Gasteiger partial charge is 0.355 e. The highest BCUT2D eigenvalue weighted by Gasteiger charge is 2.46. The zero-order valence-corrected chi connectivity index (χ0v) is 15.8. The van der Waals surface area contributed by atoms with Gasteiger partial charge in [0.05, 0.1) is 11.5 Å². The van der Waals surface area contributed by atoms with Crippen molar-refractivity contribution in [3.05, 3.63) is 58.8 Å². The summed E-state index contributed by atoms with van der Waals surface area (Å²) in [5, 5.41) is 12.8. The minimum absolute atomic E-state index is 0.0632. The van der Waals surface area contributed by atoms with Crippen LogP contribution in [0.4, 0.5) is 5.82 Å². The number of pyridine rings is 1. The molecule has 0 unspecified atom stereocenters. The summed E-state index contributed by atoms with van der Waals surface area (Å²) >= 11 is 0. The van der Waals surface area contributed by atoms with Crippen LogP contribution in [0.2, 0.25) is 0 Å². The molecule has 27 heavy (non-hydrogen) atoms. The minimum Gasteiger partial charge on any atom is -0.355 e. The fourth-order valence-corrected chi connectivity index (χ4v) is 4.50. The Morgan fingerprint density at radius 1 is 1.22 bits per heavy atom. The summed E-state index contributed by atoms with van der Waals surface area (Å²) in [6, 6.07) is 14.3. The Morgan fingerprint density at radius 3 is 2.59 bits per heavy atom. The fraction of sp³-hybridized carbons (Fsp3) is 0.409. The van der Waals surface area contributed by atoms with E-state index in [1.807, 2.05) is 50.2 Å². The number of hydrogen-bond acceptors (Lipinski definition) is 4. The van der Waals surface area contributed by atoms with Gasteiger partial charge in [0.2, 0.25) is 5.91 Å². The second-order valence-electron chi connectivity index (χ2n) is 7.81. The predicted molar refractivity (Wildman–Crippen MR) is 105 cm³/mol. The van der Waals surface area contributed by atoms with Crippen molar-refractivity contribution in [1.82, 2.24) is 10.3 Å². The molecule has 2 aliphatic heterocycles. The van der Waals surface area contributed by atoms with Crippen LogP contribution in [0.5, 0.6) is 0 Å². The molecule has 1 aromatic carbocycles. The van der Waals surface area contributed by atoms with Gasteiger partial charge in [0.25, 0.3) is 0 Å². The van der Waals surface area contributed by atoms with Crippen LogP contribution in [0.15, 0.2) is 36.4 Å². The Bertz CT molecular complexity index is 908. The van der Waals surface area contributed by atoms with E-state index in [2.05, 4.69) is 21.3 Å². The lowest BCUT2D eigenvalue weighted by atomic mass is 9.82. The molecule has 1 aromatic heterocycles. The van der Waals surface area contributed by atoms with E-state index in [-0.39, 0.29) is 17.4 Å². The number of aromatic nitrogens is 1. The highest BCUT2D eigenvalue weighted by Crippen LogP contribution is 2.40. The first-order chi connectivity index (χ1) is 13.0. The second-order valence-corrected chi connectivity index (χ2v) is 7.81. The van der Waals surface area contributed by atoms with Gasteiger partial charge in [0, 0.05) is 24.3 Å². The molecule has 138 valence electrons. The number of anilines is 1. The quantitative estimate of drug-likeness (QED) is 0.893. The molecule has 4 rings (SSSR count). The zero-order chi connectivity index (χ0) is 19.0. The molecule has 2 aromatic rings. The van der Waals surface area contributed by atoms with E-state index in [4.69, 9.17) is 0 Å². The Labute approximate surface area is 160 Å². The average Bonchev–Trinajstić information content (AvgIpc) is 2.98. The van der Waals surface area contributed by atoms with Crippen LogP contribution in [0.3, 0.4) is 0 Å². The van der Waals surface area contributed by atoms with E-state index in [0.29, 0.717) is 5.56 Å². The van der Waals surface area contributed by atoms with Crippen molar-refractivity contribution in [1.29, 1.82) is 5.26 Å². The maximum atomic E-state index is 12.6. The van der Waals surface area contributed by atoms with Gasteiger partial charge in [0.1, 0.15) is 11.9 Å². The van der Waals surface area contributed by atoms with Crippen LogP contribution < -0.4 is 10.2 Å². The third-order valence-corrected chi connectivity index (χ3v) is 5.96. The summed E-state index contributed by atoms with van der Waals surface area (Å²) in [6.07, 6.45) is 2.60. The van der Waals surface area contributed by atoms with Crippen LogP contribution in [0.1, 0.15) is 47.6 Å². The fourth-order valence-electron chi connectivity index (χ4n) is 4.50. The molecule has 1 atom stereocenters. The van der Waals surface area contributed by atoms with Gasteiger partial charge in [-0.05, 0) is 50.3 Å². The summed E-state index contributed by atoms with van der Waals surface area (Å²) in [5.41, 5.74) is 3.52. The summed E-state index contributed by atoms with van der Waals surface area (Å²) in [7, 11) is 0. The van der Waals surface area contributed by atoms with E-state index in [9.17, 15) is 10.1 Å². The average molecular weight is 360 g/mol. The summed E-state index contributed by atoms with van der Waals surface area (Å²) < 4.78 is 0. The van der Waals surface area contributed by atoms with E-state index in [1.165, 1.54) is 0 Å². The molecule has 0 radical (unpaired) electrons. The lowest BCUT2D eigenvalue weighted by Crippen LogP contribution is -2.51. The molecule has 3 heterocycles. The van der Waals surface area contributed by atoms with Gasteiger partial charge in [-0.2, -0.15) is 5.26 Å². The summed E-state index contributed by atoms with van der Waals surface area (Å²) in [6.45, 7) is 5.52. The van der Waals surface area contributed by atoms with Crippen LogP contribution in [-0.2, 0) is 4.79 Å². The molecule has 0 aliphatic carbocycles. The number of nitriles is 1. The minimum atomic E-state index is -0.139.